The minimum Gasteiger partial charge on any atom is -0.366 e. The summed E-state index contributed by atoms with van der Waals surface area (Å²) in [6, 6.07) is 4.99. The first-order valence-corrected chi connectivity index (χ1v) is 9.27. The van der Waals surface area contributed by atoms with E-state index < -0.39 is 17.6 Å². The molecule has 0 saturated carbocycles. The highest BCUT2D eigenvalue weighted by Gasteiger charge is 2.33. The summed E-state index contributed by atoms with van der Waals surface area (Å²) in [5.41, 5.74) is 7.19. The first-order chi connectivity index (χ1) is 13.8. The highest BCUT2D eigenvalue weighted by Crippen LogP contribution is 2.33. The molecule has 1 aliphatic rings. The van der Waals surface area contributed by atoms with Crippen LogP contribution in [-0.2, 0) is 0 Å². The van der Waals surface area contributed by atoms with Gasteiger partial charge in [-0.15, -0.1) is 0 Å². The Bertz CT molecular complexity index is 1210. The Balaban J connectivity index is 1.70. The summed E-state index contributed by atoms with van der Waals surface area (Å²) in [6.45, 7) is 3.94. The summed E-state index contributed by atoms with van der Waals surface area (Å²) in [5.74, 6) is -2.03. The van der Waals surface area contributed by atoms with Gasteiger partial charge in [-0.05, 0) is 44.9 Å². The van der Waals surface area contributed by atoms with Crippen molar-refractivity contribution >= 4 is 17.5 Å². The van der Waals surface area contributed by atoms with E-state index >= 15 is 0 Å². The highest BCUT2D eigenvalue weighted by atomic mass is 19.1. The number of likely N-dealkylation sites (tertiary alicyclic amines) is 1. The van der Waals surface area contributed by atoms with Gasteiger partial charge in [-0.3, -0.25) is 19.5 Å². The van der Waals surface area contributed by atoms with Gasteiger partial charge in [0.05, 0.1) is 17.3 Å². The van der Waals surface area contributed by atoms with Crippen LogP contribution in [0.5, 0.6) is 0 Å². The van der Waals surface area contributed by atoms with Gasteiger partial charge in [0, 0.05) is 29.4 Å². The molecule has 3 aromatic rings. The molecular weight excluding hydrogens is 377 g/mol. The molecule has 2 amide bonds. The minimum absolute atomic E-state index is 0.00355. The number of benzene rings is 1. The van der Waals surface area contributed by atoms with Crippen molar-refractivity contribution in [2.75, 3.05) is 6.54 Å². The van der Waals surface area contributed by atoms with E-state index in [9.17, 15) is 18.8 Å². The first kappa shape index (κ1) is 18.9. The predicted molar refractivity (Wildman–Crippen MR) is 103 cm³/mol. The molecule has 4 rings (SSSR count). The number of aromatic amines is 1. The lowest BCUT2D eigenvalue weighted by Crippen LogP contribution is -2.31. The second kappa shape index (κ2) is 6.84. The van der Waals surface area contributed by atoms with Crippen molar-refractivity contribution in [1.29, 1.82) is 0 Å². The zero-order chi connectivity index (χ0) is 20.9. The first-order valence-electron chi connectivity index (χ1n) is 9.27. The SMILES string of the molecule is Cc1nc2cc(C3CCCN3C(=O)c3ccc(C(N)=O)cc3F)[nH]n2c(=O)c1C. The van der Waals surface area contributed by atoms with Gasteiger partial charge in [0.25, 0.3) is 11.5 Å². The van der Waals surface area contributed by atoms with Gasteiger partial charge in [-0.2, -0.15) is 0 Å². The van der Waals surface area contributed by atoms with E-state index in [1.54, 1.807) is 24.8 Å². The molecule has 3 heterocycles. The van der Waals surface area contributed by atoms with Crippen molar-refractivity contribution < 1.29 is 14.0 Å². The Kier molecular flexibility index (Phi) is 4.45. The van der Waals surface area contributed by atoms with Gasteiger partial charge >= 0.3 is 0 Å². The number of halogens is 1. The number of hydrogen-bond acceptors (Lipinski definition) is 4. The van der Waals surface area contributed by atoms with Gasteiger partial charge in [0.1, 0.15) is 5.82 Å². The molecule has 0 radical (unpaired) electrons. The number of primary amides is 1. The lowest BCUT2D eigenvalue weighted by Gasteiger charge is -2.24. The van der Waals surface area contributed by atoms with Crippen LogP contribution in [0.2, 0.25) is 0 Å². The highest BCUT2D eigenvalue weighted by molar-refractivity contribution is 5.97. The van der Waals surface area contributed by atoms with Crippen LogP contribution in [0.4, 0.5) is 4.39 Å². The van der Waals surface area contributed by atoms with Crippen molar-refractivity contribution in [3.63, 3.8) is 0 Å². The van der Waals surface area contributed by atoms with Crippen LogP contribution in [0.1, 0.15) is 56.6 Å². The van der Waals surface area contributed by atoms with Gasteiger partial charge in [0.2, 0.25) is 5.91 Å². The fourth-order valence-electron chi connectivity index (χ4n) is 3.74. The minimum atomic E-state index is -0.794. The number of nitrogens with one attached hydrogen (secondary N) is 1. The number of hydrogen-bond donors (Lipinski definition) is 2. The van der Waals surface area contributed by atoms with Crippen LogP contribution in [0.3, 0.4) is 0 Å². The third kappa shape index (κ3) is 3.08. The van der Waals surface area contributed by atoms with Gasteiger partial charge < -0.3 is 10.6 Å². The molecule has 1 fully saturated rings. The normalized spacial score (nSPS) is 16.5. The second-order valence-electron chi connectivity index (χ2n) is 7.25. The zero-order valence-electron chi connectivity index (χ0n) is 16.0. The lowest BCUT2D eigenvalue weighted by atomic mass is 10.1. The van der Waals surface area contributed by atoms with E-state index in [-0.39, 0.29) is 22.7 Å². The van der Waals surface area contributed by atoms with E-state index in [1.807, 2.05) is 0 Å². The Labute approximate surface area is 165 Å². The molecule has 1 atom stereocenters. The predicted octanol–water partition coefficient (Wildman–Crippen LogP) is 1.85. The Morgan fingerprint density at radius 2 is 2.03 bits per heavy atom. The fourth-order valence-corrected chi connectivity index (χ4v) is 3.74. The number of rotatable bonds is 3. The quantitative estimate of drug-likeness (QED) is 0.702. The lowest BCUT2D eigenvalue weighted by molar-refractivity contribution is 0.0727. The van der Waals surface area contributed by atoms with Crippen molar-refractivity contribution in [2.24, 2.45) is 5.73 Å². The molecule has 150 valence electrons. The maximum atomic E-state index is 14.4. The third-order valence-electron chi connectivity index (χ3n) is 5.46. The number of carbonyl (C=O) groups excluding carboxylic acids is 2. The maximum absolute atomic E-state index is 14.4. The third-order valence-corrected chi connectivity index (χ3v) is 5.46. The topological polar surface area (TPSA) is 114 Å². The molecule has 1 unspecified atom stereocenters. The van der Waals surface area contributed by atoms with Crippen molar-refractivity contribution in [3.8, 4) is 0 Å². The molecule has 0 spiro atoms. The average Bonchev–Trinajstić information content (AvgIpc) is 3.32. The number of H-pyrrole nitrogens is 1. The van der Waals surface area contributed by atoms with Crippen LogP contribution < -0.4 is 11.3 Å². The summed E-state index contributed by atoms with van der Waals surface area (Å²) in [5, 5.41) is 3.04. The molecule has 29 heavy (non-hydrogen) atoms. The fraction of sp³-hybridized carbons (Fsp3) is 0.300. The standard InChI is InChI=1S/C20H20FN5O3/c1-10-11(2)23-17-9-15(24-26(17)19(10)28)16-4-3-7-25(16)20(29)13-6-5-12(18(22)27)8-14(13)21/h5-6,8-9,16,24H,3-4,7H2,1-2H3,(H2,22,27). The number of amides is 2. The zero-order valence-corrected chi connectivity index (χ0v) is 16.0. The molecule has 1 aliphatic heterocycles. The molecule has 8 nitrogen and oxygen atoms in total. The molecule has 3 N–H and O–H groups in total. The summed E-state index contributed by atoms with van der Waals surface area (Å²) in [7, 11) is 0. The van der Waals surface area contributed by atoms with E-state index in [0.29, 0.717) is 35.6 Å². The Hall–Kier alpha value is -3.49. The molecule has 0 aliphatic carbocycles. The number of nitrogens with zero attached hydrogens (tertiary/aromatic N) is 3. The average molecular weight is 397 g/mol. The van der Waals surface area contributed by atoms with E-state index in [1.165, 1.54) is 16.6 Å². The van der Waals surface area contributed by atoms with Gasteiger partial charge in [-0.1, -0.05) is 0 Å². The molecule has 2 aromatic heterocycles. The van der Waals surface area contributed by atoms with Crippen LogP contribution in [0.25, 0.3) is 5.65 Å². The monoisotopic (exact) mass is 397 g/mol. The van der Waals surface area contributed by atoms with Crippen LogP contribution in [0, 0.1) is 19.7 Å². The van der Waals surface area contributed by atoms with Crippen LogP contribution in [0.15, 0.2) is 29.1 Å². The van der Waals surface area contributed by atoms with E-state index in [2.05, 4.69) is 10.1 Å². The second-order valence-corrected chi connectivity index (χ2v) is 7.25. The van der Waals surface area contributed by atoms with Crippen molar-refractivity contribution in [1.82, 2.24) is 19.5 Å². The molecular formula is C20H20FN5O3. The van der Waals surface area contributed by atoms with Crippen LogP contribution in [-0.4, -0.2) is 37.9 Å². The molecule has 0 bridgehead atoms. The summed E-state index contributed by atoms with van der Waals surface area (Å²) < 4.78 is 15.8. The summed E-state index contributed by atoms with van der Waals surface area (Å²) in [6.07, 6.45) is 1.42. The largest absolute Gasteiger partial charge is 0.366 e. The molecule has 9 heteroatoms. The van der Waals surface area contributed by atoms with Gasteiger partial charge in [-0.25, -0.2) is 13.9 Å². The number of aromatic nitrogens is 3. The van der Waals surface area contributed by atoms with E-state index in [0.717, 1.165) is 12.5 Å². The van der Waals surface area contributed by atoms with Crippen molar-refractivity contribution in [2.45, 2.75) is 32.7 Å². The summed E-state index contributed by atoms with van der Waals surface area (Å²) in [4.78, 5) is 42.7. The Morgan fingerprint density at radius 1 is 1.28 bits per heavy atom. The number of nitrogens with two attached hydrogens (primary N) is 1. The molecule has 1 saturated heterocycles. The number of carbonyl (C=O) groups is 2. The molecule has 1 aromatic carbocycles. The van der Waals surface area contributed by atoms with Crippen LogP contribution >= 0.6 is 0 Å². The van der Waals surface area contributed by atoms with Gasteiger partial charge in [0.15, 0.2) is 5.65 Å². The number of fused-ring (bicyclic) bond motifs is 1. The van der Waals surface area contributed by atoms with E-state index in [4.69, 9.17) is 5.73 Å². The van der Waals surface area contributed by atoms with Crippen molar-refractivity contribution in [3.05, 3.63) is 68.5 Å². The number of aryl methyl sites for hydroxylation is 1. The summed E-state index contributed by atoms with van der Waals surface area (Å²) >= 11 is 0. The smallest absolute Gasteiger partial charge is 0.275 e. The maximum Gasteiger partial charge on any atom is 0.275 e. The Morgan fingerprint density at radius 3 is 2.72 bits per heavy atom.